The summed E-state index contributed by atoms with van der Waals surface area (Å²) < 4.78 is 14.1. The maximum Gasteiger partial charge on any atom is 0.123 e. The Labute approximate surface area is 197 Å². The molecule has 3 heteroatoms. The summed E-state index contributed by atoms with van der Waals surface area (Å²) in [7, 11) is 0. The zero-order valence-electron chi connectivity index (χ0n) is 18.7. The van der Waals surface area contributed by atoms with E-state index < -0.39 is 0 Å². The molecule has 3 aromatic carbocycles. The maximum atomic E-state index is 14.1. The maximum absolute atomic E-state index is 14.1. The molecule has 2 aromatic heterocycles. The highest BCUT2D eigenvalue weighted by atomic mass is 19.1. The van der Waals surface area contributed by atoms with E-state index in [9.17, 15) is 4.39 Å². The van der Waals surface area contributed by atoms with Crippen molar-refractivity contribution in [3.8, 4) is 22.4 Å². The predicted molar refractivity (Wildman–Crippen MR) is 136 cm³/mol. The molecule has 0 unspecified atom stereocenters. The largest absolute Gasteiger partial charge is 0.360 e. The molecule has 2 nitrogen and oxygen atoms in total. The molecule has 0 fully saturated rings. The van der Waals surface area contributed by atoms with Gasteiger partial charge in [0.05, 0.1) is 5.69 Å². The molecule has 2 aliphatic rings. The highest BCUT2D eigenvalue weighted by Crippen LogP contribution is 2.35. The van der Waals surface area contributed by atoms with Crippen molar-refractivity contribution in [1.82, 2.24) is 9.97 Å². The molecule has 2 aliphatic carbocycles. The fourth-order valence-electron chi connectivity index (χ4n) is 5.85. The minimum absolute atomic E-state index is 0.233. The second-order valence-electron chi connectivity index (χ2n) is 9.25. The molecule has 0 radical (unpaired) electrons. The van der Waals surface area contributed by atoms with Crippen LogP contribution >= 0.6 is 0 Å². The highest BCUT2D eigenvalue weighted by Gasteiger charge is 2.21. The van der Waals surface area contributed by atoms with Gasteiger partial charge >= 0.3 is 0 Å². The van der Waals surface area contributed by atoms with Crippen LogP contribution < -0.4 is 10.4 Å². The molecular formula is C31H23FN2. The van der Waals surface area contributed by atoms with Gasteiger partial charge in [-0.3, -0.25) is 4.98 Å². The Hall–Kier alpha value is -3.98. The van der Waals surface area contributed by atoms with E-state index in [1.807, 2.05) is 18.5 Å². The number of fused-ring (bicyclic) bond motifs is 6. The molecule has 0 spiro atoms. The van der Waals surface area contributed by atoms with Gasteiger partial charge in [0, 0.05) is 34.4 Å². The Bertz CT molecular complexity index is 1720. The van der Waals surface area contributed by atoms with E-state index in [4.69, 9.17) is 4.98 Å². The third-order valence-electron chi connectivity index (χ3n) is 7.37. The fraction of sp³-hybridized carbons (Fsp3) is 0.129. The lowest BCUT2D eigenvalue weighted by Gasteiger charge is -2.22. The Kier molecular flexibility index (Phi) is 4.31. The van der Waals surface area contributed by atoms with Gasteiger partial charge in [0.2, 0.25) is 0 Å². The number of H-pyrrole nitrogens is 1. The van der Waals surface area contributed by atoms with Crippen LogP contribution in [-0.4, -0.2) is 9.97 Å². The molecule has 0 bridgehead atoms. The van der Waals surface area contributed by atoms with E-state index >= 15 is 0 Å². The number of pyridine rings is 1. The number of aryl methyl sites for hydroxylation is 1. The van der Waals surface area contributed by atoms with Gasteiger partial charge in [-0.1, -0.05) is 48.5 Å². The van der Waals surface area contributed by atoms with Crippen LogP contribution in [0.5, 0.6) is 0 Å². The number of hydrogen-bond acceptors (Lipinski definition) is 1. The molecule has 7 rings (SSSR count). The standard InChI is InChI=1S/C31H23FN2/c32-21-12-15-29-27(17-21)28(18-34-29)31-26(9-4-16-33-31)24-8-3-6-20-11-13-23-22-7-2-1-5-19(22)10-14-25(23)30(20)24/h1-2,4-5,7,9,11-18,34H,3,6,8,10H2. The van der Waals surface area contributed by atoms with Gasteiger partial charge in [-0.2, -0.15) is 0 Å². The summed E-state index contributed by atoms with van der Waals surface area (Å²) in [6.07, 6.45) is 10.4. The molecule has 0 saturated carbocycles. The number of aromatic nitrogens is 2. The number of nitrogens with zero attached hydrogens (tertiary/aromatic N) is 1. The van der Waals surface area contributed by atoms with Crippen LogP contribution in [0.15, 0.2) is 79.1 Å². The van der Waals surface area contributed by atoms with Crippen LogP contribution in [0.4, 0.5) is 4.39 Å². The summed E-state index contributed by atoms with van der Waals surface area (Å²) in [5, 5.41) is 3.59. The first-order valence-electron chi connectivity index (χ1n) is 11.9. The fourth-order valence-corrected chi connectivity index (χ4v) is 5.85. The molecule has 164 valence electrons. The van der Waals surface area contributed by atoms with Gasteiger partial charge in [-0.15, -0.1) is 0 Å². The molecule has 0 aliphatic heterocycles. The van der Waals surface area contributed by atoms with Gasteiger partial charge in [0.15, 0.2) is 0 Å². The average molecular weight is 443 g/mol. The summed E-state index contributed by atoms with van der Waals surface area (Å²) >= 11 is 0. The number of benzene rings is 3. The van der Waals surface area contributed by atoms with Crippen molar-refractivity contribution in [2.75, 3.05) is 0 Å². The van der Waals surface area contributed by atoms with Crippen LogP contribution in [-0.2, 0) is 12.8 Å². The van der Waals surface area contributed by atoms with Crippen molar-refractivity contribution in [3.63, 3.8) is 0 Å². The zero-order chi connectivity index (χ0) is 22.6. The second kappa shape index (κ2) is 7.53. The molecule has 2 heterocycles. The van der Waals surface area contributed by atoms with Gasteiger partial charge in [-0.05, 0) is 88.2 Å². The van der Waals surface area contributed by atoms with Crippen LogP contribution in [0.1, 0.15) is 29.5 Å². The number of rotatable bonds is 2. The van der Waals surface area contributed by atoms with Crippen molar-refractivity contribution in [1.29, 1.82) is 0 Å². The quantitative estimate of drug-likeness (QED) is 0.362. The summed E-state index contributed by atoms with van der Waals surface area (Å²) in [4.78, 5) is 8.13. The van der Waals surface area contributed by atoms with E-state index in [0.717, 1.165) is 53.4 Å². The topological polar surface area (TPSA) is 28.7 Å². The van der Waals surface area contributed by atoms with Crippen molar-refractivity contribution in [2.45, 2.75) is 25.7 Å². The van der Waals surface area contributed by atoms with Crippen molar-refractivity contribution in [2.24, 2.45) is 0 Å². The van der Waals surface area contributed by atoms with Crippen LogP contribution in [0, 0.1) is 5.82 Å². The summed E-state index contributed by atoms with van der Waals surface area (Å²) in [5.74, 6) is -0.233. The molecule has 34 heavy (non-hydrogen) atoms. The summed E-state index contributed by atoms with van der Waals surface area (Å²) in [5.41, 5.74) is 10.7. The smallest absolute Gasteiger partial charge is 0.123 e. The van der Waals surface area contributed by atoms with Gasteiger partial charge < -0.3 is 4.98 Å². The normalized spacial score (nSPS) is 14.3. The summed E-state index contributed by atoms with van der Waals surface area (Å²) in [6.45, 7) is 0. The number of halogens is 1. The highest BCUT2D eigenvalue weighted by molar-refractivity contribution is 5.97. The molecule has 0 atom stereocenters. The predicted octanol–water partition coefficient (Wildman–Crippen LogP) is 5.91. The van der Waals surface area contributed by atoms with Crippen molar-refractivity contribution < 1.29 is 4.39 Å². The minimum Gasteiger partial charge on any atom is -0.360 e. The van der Waals surface area contributed by atoms with E-state index in [0.29, 0.717) is 0 Å². The third-order valence-corrected chi connectivity index (χ3v) is 7.37. The Morgan fingerprint density at radius 3 is 2.68 bits per heavy atom. The number of nitrogens with one attached hydrogen (secondary N) is 1. The van der Waals surface area contributed by atoms with Crippen LogP contribution in [0.3, 0.4) is 0 Å². The first-order chi connectivity index (χ1) is 16.8. The SMILES string of the molecule is Fc1ccc2[nH]cc(-c3ncccc3C3=c4c(ccc5c4=CCc4ccccc4-5)CCC3)c2c1. The zero-order valence-corrected chi connectivity index (χ0v) is 18.7. The Morgan fingerprint density at radius 2 is 1.71 bits per heavy atom. The van der Waals surface area contributed by atoms with Crippen molar-refractivity contribution in [3.05, 3.63) is 112 Å². The molecule has 0 saturated heterocycles. The lowest BCUT2D eigenvalue weighted by Crippen LogP contribution is -2.36. The number of aromatic amines is 1. The van der Waals surface area contributed by atoms with Gasteiger partial charge in [0.1, 0.15) is 5.82 Å². The van der Waals surface area contributed by atoms with E-state index in [2.05, 4.69) is 53.5 Å². The molecule has 5 aromatic rings. The summed E-state index contributed by atoms with van der Waals surface area (Å²) in [6, 6.07) is 22.4. The van der Waals surface area contributed by atoms with Gasteiger partial charge in [-0.25, -0.2) is 4.39 Å². The second-order valence-corrected chi connectivity index (χ2v) is 9.25. The monoisotopic (exact) mass is 442 g/mol. The van der Waals surface area contributed by atoms with Crippen LogP contribution in [0.25, 0.3) is 44.9 Å². The van der Waals surface area contributed by atoms with E-state index in [-0.39, 0.29) is 5.82 Å². The molecule has 0 amide bonds. The lowest BCUT2D eigenvalue weighted by atomic mass is 9.82. The first kappa shape index (κ1) is 19.5. The number of hydrogen-bond donors (Lipinski definition) is 1. The van der Waals surface area contributed by atoms with E-state index in [1.165, 1.54) is 44.3 Å². The first-order valence-corrected chi connectivity index (χ1v) is 11.9. The van der Waals surface area contributed by atoms with Crippen LogP contribution in [0.2, 0.25) is 0 Å². The third kappa shape index (κ3) is 2.90. The lowest BCUT2D eigenvalue weighted by molar-refractivity contribution is 0.630. The molecular weight excluding hydrogens is 419 g/mol. The van der Waals surface area contributed by atoms with Crippen molar-refractivity contribution >= 4 is 22.6 Å². The minimum atomic E-state index is -0.233. The Morgan fingerprint density at radius 1 is 0.794 bits per heavy atom. The Balaban J connectivity index is 1.54. The average Bonchev–Trinajstić information content (AvgIpc) is 3.30. The molecule has 1 N–H and O–H groups in total. The van der Waals surface area contributed by atoms with Gasteiger partial charge in [0.25, 0.3) is 0 Å². The van der Waals surface area contributed by atoms with E-state index in [1.54, 1.807) is 12.1 Å².